The van der Waals surface area contributed by atoms with E-state index in [1.165, 1.54) is 54.6 Å². The predicted molar refractivity (Wildman–Crippen MR) is 190 cm³/mol. The molecule has 2 saturated heterocycles. The summed E-state index contributed by atoms with van der Waals surface area (Å²) < 4.78 is 27.9. The zero-order valence-electron chi connectivity index (χ0n) is 30.9. The minimum atomic E-state index is 0.340. The van der Waals surface area contributed by atoms with E-state index in [1.54, 1.807) is 28.4 Å². The number of piperidine rings is 2. The number of fused-ring (bicyclic) bond motifs is 6. The molecule has 7 heteroatoms. The van der Waals surface area contributed by atoms with Crippen LogP contribution in [0.3, 0.4) is 0 Å². The summed E-state index contributed by atoms with van der Waals surface area (Å²) >= 11 is 0. The van der Waals surface area contributed by atoms with Crippen LogP contribution in [0.15, 0.2) is 24.3 Å². The van der Waals surface area contributed by atoms with Gasteiger partial charge in [0.05, 0.1) is 34.5 Å². The first-order chi connectivity index (χ1) is 22.6. The van der Waals surface area contributed by atoms with Gasteiger partial charge in [0.25, 0.3) is 0 Å². The van der Waals surface area contributed by atoms with E-state index >= 15 is 0 Å². The standard InChI is InChI=1S/C20H31NO3.C20H31NO2/c1-13(2)8-15-12-21-7-6-14-9-19(23-4)20(24-5)10-16(14)17(21)11-18(15)22-3;1-13(2)8-16-12-21-7-6-15-10-19(22-4)20(23-5)11-17(15)18(21)9-14(16)3/h9-10,13,15,17-18H,6-8,11-12H2,1-5H3;10-11,13-14,16,18H,6-9,12H2,1-5H3. The van der Waals surface area contributed by atoms with Gasteiger partial charge >= 0.3 is 0 Å². The molecule has 0 amide bonds. The van der Waals surface area contributed by atoms with Crippen molar-refractivity contribution in [1.82, 2.24) is 9.80 Å². The first-order valence-corrected chi connectivity index (χ1v) is 18.1. The molecule has 2 aromatic carbocycles. The molecule has 0 radical (unpaired) electrons. The summed E-state index contributed by atoms with van der Waals surface area (Å²) in [5.41, 5.74) is 5.69. The van der Waals surface area contributed by atoms with Crippen molar-refractivity contribution in [1.29, 1.82) is 0 Å². The fourth-order valence-corrected chi connectivity index (χ4v) is 9.04. The molecule has 4 aliphatic heterocycles. The Morgan fingerprint density at radius 2 is 1.04 bits per heavy atom. The molecule has 0 aliphatic carbocycles. The average molecular weight is 651 g/mol. The highest BCUT2D eigenvalue weighted by Crippen LogP contribution is 2.46. The van der Waals surface area contributed by atoms with Crippen LogP contribution in [0.25, 0.3) is 0 Å². The minimum absolute atomic E-state index is 0.340. The molecule has 0 spiro atoms. The Labute approximate surface area is 285 Å². The average Bonchev–Trinajstić information content (AvgIpc) is 3.06. The van der Waals surface area contributed by atoms with E-state index in [1.807, 2.05) is 7.11 Å². The molecule has 2 fully saturated rings. The van der Waals surface area contributed by atoms with E-state index < -0.39 is 0 Å². The summed E-state index contributed by atoms with van der Waals surface area (Å²) in [6, 6.07) is 9.74. The molecule has 0 saturated carbocycles. The van der Waals surface area contributed by atoms with Crippen molar-refractivity contribution in [3.05, 3.63) is 46.5 Å². The third kappa shape index (κ3) is 7.89. The largest absolute Gasteiger partial charge is 0.493 e. The molecule has 4 aliphatic rings. The van der Waals surface area contributed by atoms with Crippen LogP contribution in [-0.4, -0.2) is 77.6 Å². The number of methoxy groups -OCH3 is 5. The van der Waals surface area contributed by atoms with Crippen molar-refractivity contribution in [3.63, 3.8) is 0 Å². The second kappa shape index (κ2) is 15.8. The topological polar surface area (TPSA) is 52.6 Å². The minimum Gasteiger partial charge on any atom is -0.493 e. The maximum Gasteiger partial charge on any atom is 0.161 e. The molecule has 262 valence electrons. The molecule has 6 atom stereocenters. The van der Waals surface area contributed by atoms with Gasteiger partial charge in [-0.05, 0) is 115 Å². The zero-order chi connectivity index (χ0) is 33.8. The van der Waals surface area contributed by atoms with Crippen LogP contribution in [0.1, 0.15) is 94.6 Å². The summed E-state index contributed by atoms with van der Waals surface area (Å²) in [6.07, 6.45) is 7.46. The maximum atomic E-state index is 5.89. The molecule has 0 aromatic heterocycles. The number of hydrogen-bond acceptors (Lipinski definition) is 7. The summed E-state index contributed by atoms with van der Waals surface area (Å²) in [5, 5.41) is 0. The normalized spacial score (nSPS) is 27.1. The van der Waals surface area contributed by atoms with E-state index in [0.717, 1.165) is 73.1 Å². The van der Waals surface area contributed by atoms with E-state index in [2.05, 4.69) is 68.7 Å². The quantitative estimate of drug-likeness (QED) is 0.273. The van der Waals surface area contributed by atoms with Gasteiger partial charge in [0, 0.05) is 45.4 Å². The van der Waals surface area contributed by atoms with Gasteiger partial charge in [0.1, 0.15) is 0 Å². The third-order valence-electron chi connectivity index (χ3n) is 11.4. The Balaban J connectivity index is 0.000000185. The van der Waals surface area contributed by atoms with Gasteiger partial charge in [0.2, 0.25) is 0 Å². The van der Waals surface area contributed by atoms with E-state index in [4.69, 9.17) is 23.7 Å². The van der Waals surface area contributed by atoms with Crippen LogP contribution in [0, 0.1) is 29.6 Å². The van der Waals surface area contributed by atoms with Crippen molar-refractivity contribution in [2.75, 3.05) is 61.7 Å². The van der Waals surface area contributed by atoms with E-state index in [0.29, 0.717) is 30.0 Å². The van der Waals surface area contributed by atoms with Crippen LogP contribution >= 0.6 is 0 Å². The van der Waals surface area contributed by atoms with Crippen LogP contribution in [0.4, 0.5) is 0 Å². The second-order valence-electron chi connectivity index (χ2n) is 15.3. The van der Waals surface area contributed by atoms with Crippen molar-refractivity contribution in [2.45, 2.75) is 91.3 Å². The Morgan fingerprint density at radius 1 is 0.617 bits per heavy atom. The van der Waals surface area contributed by atoms with Crippen LogP contribution in [0.5, 0.6) is 23.0 Å². The highest BCUT2D eigenvalue weighted by molar-refractivity contribution is 5.50. The Morgan fingerprint density at radius 3 is 1.49 bits per heavy atom. The fraction of sp³-hybridized carbons (Fsp3) is 0.700. The number of rotatable bonds is 9. The molecule has 0 bridgehead atoms. The van der Waals surface area contributed by atoms with Crippen molar-refractivity contribution >= 4 is 0 Å². The molecule has 7 nitrogen and oxygen atoms in total. The lowest BCUT2D eigenvalue weighted by Crippen LogP contribution is -2.48. The fourth-order valence-electron chi connectivity index (χ4n) is 9.04. The number of benzene rings is 2. The number of nitrogens with zero attached hydrogens (tertiary/aromatic N) is 2. The summed E-state index contributed by atoms with van der Waals surface area (Å²) in [4.78, 5) is 5.36. The lowest BCUT2D eigenvalue weighted by Gasteiger charge is -2.47. The molecule has 0 N–H and O–H groups in total. The molecule has 4 heterocycles. The number of ether oxygens (including phenoxy) is 5. The first-order valence-electron chi connectivity index (χ1n) is 18.1. The predicted octanol–water partition coefficient (Wildman–Crippen LogP) is 7.99. The van der Waals surface area contributed by atoms with Crippen LogP contribution < -0.4 is 18.9 Å². The van der Waals surface area contributed by atoms with Crippen molar-refractivity contribution in [3.8, 4) is 23.0 Å². The highest BCUT2D eigenvalue weighted by Gasteiger charge is 2.40. The Bertz CT molecular complexity index is 1330. The maximum absolute atomic E-state index is 5.89. The number of hydrogen-bond donors (Lipinski definition) is 0. The molecule has 6 rings (SSSR count). The van der Waals surface area contributed by atoms with Gasteiger partial charge < -0.3 is 23.7 Å². The van der Waals surface area contributed by atoms with Gasteiger partial charge in [-0.3, -0.25) is 9.80 Å². The van der Waals surface area contributed by atoms with E-state index in [9.17, 15) is 0 Å². The van der Waals surface area contributed by atoms with Gasteiger partial charge in [-0.2, -0.15) is 0 Å². The lowest BCUT2D eigenvalue weighted by molar-refractivity contribution is -0.0432. The molecule has 47 heavy (non-hydrogen) atoms. The summed E-state index contributed by atoms with van der Waals surface area (Å²) in [5.74, 6) is 7.16. The summed E-state index contributed by atoms with van der Waals surface area (Å²) in [7, 11) is 8.73. The van der Waals surface area contributed by atoms with Crippen LogP contribution in [0.2, 0.25) is 0 Å². The van der Waals surface area contributed by atoms with Crippen molar-refractivity contribution < 1.29 is 23.7 Å². The Hall–Kier alpha value is -2.48. The zero-order valence-corrected chi connectivity index (χ0v) is 30.9. The molecular formula is C40H62N2O5. The first kappa shape index (κ1) is 35.8. The van der Waals surface area contributed by atoms with Crippen molar-refractivity contribution in [2.24, 2.45) is 29.6 Å². The highest BCUT2D eigenvalue weighted by atomic mass is 16.5. The van der Waals surface area contributed by atoms with E-state index in [-0.39, 0.29) is 0 Å². The summed E-state index contributed by atoms with van der Waals surface area (Å²) in [6.45, 7) is 16.4. The van der Waals surface area contributed by atoms with Gasteiger partial charge in [-0.15, -0.1) is 0 Å². The third-order valence-corrected chi connectivity index (χ3v) is 11.4. The Kier molecular flexibility index (Phi) is 12.1. The monoisotopic (exact) mass is 650 g/mol. The van der Waals surface area contributed by atoms with Gasteiger partial charge in [-0.1, -0.05) is 34.6 Å². The van der Waals surface area contributed by atoms with Gasteiger partial charge in [-0.25, -0.2) is 0 Å². The molecular weight excluding hydrogens is 588 g/mol. The second-order valence-corrected chi connectivity index (χ2v) is 15.3. The lowest BCUT2D eigenvalue weighted by atomic mass is 9.75. The van der Waals surface area contributed by atoms with Gasteiger partial charge in [0.15, 0.2) is 23.0 Å². The van der Waals surface area contributed by atoms with Crippen LogP contribution in [-0.2, 0) is 17.6 Å². The smallest absolute Gasteiger partial charge is 0.161 e. The molecule has 6 unspecified atom stereocenters. The SMILES string of the molecule is COc1cc2c(cc1OC)C1CC(C)C(CC(C)C)CN1CC2.COc1cc2c(cc1OC)C1CC(OC)C(CC(C)C)CN1CC2. The molecule has 2 aromatic rings.